The van der Waals surface area contributed by atoms with Gasteiger partial charge in [-0.1, -0.05) is 28.8 Å². The quantitative estimate of drug-likeness (QED) is 0.728. The summed E-state index contributed by atoms with van der Waals surface area (Å²) in [5.74, 6) is 1.33. The fourth-order valence-corrected chi connectivity index (χ4v) is 5.25. The third-order valence-electron chi connectivity index (χ3n) is 3.86. The highest BCUT2D eigenvalue weighted by atomic mass is 79.9. The summed E-state index contributed by atoms with van der Waals surface area (Å²) in [5.41, 5.74) is 0.604. The maximum atomic E-state index is 5.61. The van der Waals surface area contributed by atoms with Gasteiger partial charge < -0.3 is 4.74 Å². The third-order valence-corrected chi connectivity index (χ3v) is 6.87. The molecule has 0 aromatic heterocycles. The van der Waals surface area contributed by atoms with Gasteiger partial charge >= 0.3 is 0 Å². The van der Waals surface area contributed by atoms with E-state index in [1.54, 1.807) is 0 Å². The highest BCUT2D eigenvalue weighted by Gasteiger charge is 2.35. The zero-order valence-corrected chi connectivity index (χ0v) is 11.9. The minimum Gasteiger partial charge on any atom is -0.377 e. The molecule has 2 unspecified atom stereocenters. The van der Waals surface area contributed by atoms with Crippen LogP contribution in [-0.4, -0.2) is 29.0 Å². The van der Waals surface area contributed by atoms with Crippen molar-refractivity contribution in [3.63, 3.8) is 0 Å². The Bertz CT molecular complexity index is 204. The van der Waals surface area contributed by atoms with Gasteiger partial charge in [-0.3, -0.25) is 0 Å². The Labute approximate surface area is 106 Å². The number of ether oxygens (including phenoxy) is 1. The molecule has 0 spiro atoms. The van der Waals surface area contributed by atoms with Crippen LogP contribution in [0.1, 0.15) is 39.0 Å². The van der Waals surface area contributed by atoms with E-state index in [0.717, 1.165) is 11.9 Å². The highest BCUT2D eigenvalue weighted by Crippen LogP contribution is 2.44. The Morgan fingerprint density at radius 3 is 2.67 bits per heavy atom. The molecule has 1 aliphatic carbocycles. The largest absolute Gasteiger partial charge is 0.377 e. The Hall–Kier alpha value is 0.790. The summed E-state index contributed by atoms with van der Waals surface area (Å²) >= 11 is 5.87. The van der Waals surface area contributed by atoms with Gasteiger partial charge in [-0.05, 0) is 31.6 Å². The van der Waals surface area contributed by atoms with Crippen LogP contribution in [0.3, 0.4) is 0 Å². The molecule has 1 aliphatic heterocycles. The molecule has 2 fully saturated rings. The van der Waals surface area contributed by atoms with Gasteiger partial charge in [0.05, 0.1) is 6.10 Å². The standard InChI is InChI=1S/C12H21BrOS/c1-10-11(4-7-14-10)15-9-12(8-13)5-2-3-6-12/h10-11H,2-9H2,1H3. The normalized spacial score (nSPS) is 34.8. The van der Waals surface area contributed by atoms with Crippen LogP contribution in [0, 0.1) is 5.41 Å². The van der Waals surface area contributed by atoms with Crippen molar-refractivity contribution in [2.24, 2.45) is 5.41 Å². The number of hydrogen-bond donors (Lipinski definition) is 0. The lowest BCUT2D eigenvalue weighted by atomic mass is 9.92. The van der Waals surface area contributed by atoms with Gasteiger partial charge in [0, 0.05) is 22.9 Å². The van der Waals surface area contributed by atoms with Crippen LogP contribution < -0.4 is 0 Å². The van der Waals surface area contributed by atoms with E-state index in [0.29, 0.717) is 11.5 Å². The molecule has 88 valence electrons. The molecule has 2 rings (SSSR count). The van der Waals surface area contributed by atoms with Gasteiger partial charge in [-0.15, -0.1) is 0 Å². The molecule has 3 heteroatoms. The zero-order valence-electron chi connectivity index (χ0n) is 9.51. The van der Waals surface area contributed by atoms with E-state index in [1.165, 1.54) is 43.2 Å². The van der Waals surface area contributed by atoms with Gasteiger partial charge in [0.15, 0.2) is 0 Å². The predicted octanol–water partition coefficient (Wildman–Crippen LogP) is 3.85. The molecule has 0 aromatic rings. The van der Waals surface area contributed by atoms with E-state index >= 15 is 0 Å². The SMILES string of the molecule is CC1OCCC1SCC1(CBr)CCCC1. The molecule has 15 heavy (non-hydrogen) atoms. The second kappa shape index (κ2) is 5.42. The van der Waals surface area contributed by atoms with E-state index < -0.39 is 0 Å². The van der Waals surface area contributed by atoms with Crippen molar-refractivity contribution in [2.45, 2.75) is 50.4 Å². The summed E-state index contributed by atoms with van der Waals surface area (Å²) in [7, 11) is 0. The summed E-state index contributed by atoms with van der Waals surface area (Å²) in [6.07, 6.45) is 7.44. The first kappa shape index (κ1) is 12.3. The summed E-state index contributed by atoms with van der Waals surface area (Å²) < 4.78 is 5.61. The van der Waals surface area contributed by atoms with Crippen molar-refractivity contribution in [3.8, 4) is 0 Å². The second-order valence-electron chi connectivity index (χ2n) is 5.05. The Balaban J connectivity index is 1.80. The number of alkyl halides is 1. The first-order chi connectivity index (χ1) is 7.26. The van der Waals surface area contributed by atoms with Crippen molar-refractivity contribution >= 4 is 27.7 Å². The molecule has 2 aliphatic rings. The maximum Gasteiger partial charge on any atom is 0.0666 e. The average Bonchev–Trinajstić information content (AvgIpc) is 2.85. The molecular formula is C12H21BrOS. The molecule has 1 nitrogen and oxygen atoms in total. The van der Waals surface area contributed by atoms with Crippen LogP contribution in [0.25, 0.3) is 0 Å². The van der Waals surface area contributed by atoms with E-state index in [-0.39, 0.29) is 0 Å². The minimum atomic E-state index is 0.476. The Morgan fingerprint density at radius 1 is 1.40 bits per heavy atom. The molecular weight excluding hydrogens is 272 g/mol. The monoisotopic (exact) mass is 292 g/mol. The smallest absolute Gasteiger partial charge is 0.0666 e. The lowest BCUT2D eigenvalue weighted by molar-refractivity contribution is 0.127. The molecule has 1 heterocycles. The van der Waals surface area contributed by atoms with E-state index in [4.69, 9.17) is 4.74 Å². The third kappa shape index (κ3) is 2.92. The van der Waals surface area contributed by atoms with Gasteiger partial charge in [0.1, 0.15) is 0 Å². The van der Waals surface area contributed by atoms with Gasteiger partial charge in [-0.25, -0.2) is 0 Å². The molecule has 0 N–H and O–H groups in total. The van der Waals surface area contributed by atoms with Crippen molar-refractivity contribution < 1.29 is 4.74 Å². The topological polar surface area (TPSA) is 9.23 Å². The lowest BCUT2D eigenvalue weighted by Crippen LogP contribution is -2.24. The molecule has 2 atom stereocenters. The van der Waals surface area contributed by atoms with Crippen LogP contribution in [-0.2, 0) is 4.74 Å². The molecule has 1 saturated carbocycles. The van der Waals surface area contributed by atoms with Crippen molar-refractivity contribution in [1.29, 1.82) is 0 Å². The van der Waals surface area contributed by atoms with Crippen LogP contribution in [0.2, 0.25) is 0 Å². The summed E-state index contributed by atoms with van der Waals surface area (Å²) in [5, 5.41) is 1.94. The Morgan fingerprint density at radius 2 is 2.13 bits per heavy atom. The fraction of sp³-hybridized carbons (Fsp3) is 1.00. The van der Waals surface area contributed by atoms with Crippen molar-refractivity contribution in [3.05, 3.63) is 0 Å². The van der Waals surface area contributed by atoms with Gasteiger partial charge in [-0.2, -0.15) is 11.8 Å². The summed E-state index contributed by atoms with van der Waals surface area (Å²) in [4.78, 5) is 0. The second-order valence-corrected chi connectivity index (χ2v) is 6.84. The van der Waals surface area contributed by atoms with E-state index in [9.17, 15) is 0 Å². The Kier molecular flexibility index (Phi) is 4.42. The summed E-state index contributed by atoms with van der Waals surface area (Å²) in [6, 6.07) is 0. The number of thioether (sulfide) groups is 1. The molecule has 0 radical (unpaired) electrons. The van der Waals surface area contributed by atoms with E-state index in [2.05, 4.69) is 34.6 Å². The highest BCUT2D eigenvalue weighted by molar-refractivity contribution is 9.09. The van der Waals surface area contributed by atoms with E-state index in [1.807, 2.05) is 0 Å². The van der Waals surface area contributed by atoms with Crippen LogP contribution in [0.15, 0.2) is 0 Å². The van der Waals surface area contributed by atoms with Crippen LogP contribution in [0.4, 0.5) is 0 Å². The van der Waals surface area contributed by atoms with Crippen LogP contribution in [0.5, 0.6) is 0 Å². The molecule has 1 saturated heterocycles. The van der Waals surface area contributed by atoms with Gasteiger partial charge in [0.2, 0.25) is 0 Å². The summed E-state index contributed by atoms with van der Waals surface area (Å²) in [6.45, 7) is 3.19. The number of halogens is 1. The van der Waals surface area contributed by atoms with Crippen molar-refractivity contribution in [1.82, 2.24) is 0 Å². The minimum absolute atomic E-state index is 0.476. The molecule has 0 aromatic carbocycles. The maximum absolute atomic E-state index is 5.61. The predicted molar refractivity (Wildman–Crippen MR) is 71.0 cm³/mol. The molecule has 0 bridgehead atoms. The molecule has 0 amide bonds. The average molecular weight is 293 g/mol. The first-order valence-electron chi connectivity index (χ1n) is 6.05. The van der Waals surface area contributed by atoms with Crippen LogP contribution >= 0.6 is 27.7 Å². The lowest BCUT2D eigenvalue weighted by Gasteiger charge is -2.28. The first-order valence-corrected chi connectivity index (χ1v) is 8.22. The van der Waals surface area contributed by atoms with Gasteiger partial charge in [0.25, 0.3) is 0 Å². The van der Waals surface area contributed by atoms with Crippen molar-refractivity contribution in [2.75, 3.05) is 17.7 Å². The zero-order chi connectivity index (χ0) is 10.7. The number of hydrogen-bond acceptors (Lipinski definition) is 2. The fourth-order valence-electron chi connectivity index (χ4n) is 2.66. The number of rotatable bonds is 4.